The van der Waals surface area contributed by atoms with Gasteiger partial charge in [0.25, 0.3) is 0 Å². The van der Waals surface area contributed by atoms with E-state index in [1.807, 2.05) is 0 Å². The van der Waals surface area contributed by atoms with Gasteiger partial charge in [0.15, 0.2) is 25.0 Å². The highest BCUT2D eigenvalue weighted by molar-refractivity contribution is 6.74. The van der Waals surface area contributed by atoms with Gasteiger partial charge in [-0.3, -0.25) is 4.79 Å². The van der Waals surface area contributed by atoms with Crippen molar-refractivity contribution < 1.29 is 18.1 Å². The molecule has 4 nitrogen and oxygen atoms in total. The fourth-order valence-corrected chi connectivity index (χ4v) is 15.2. The predicted molar refractivity (Wildman–Crippen MR) is 198 cm³/mol. The van der Waals surface area contributed by atoms with Gasteiger partial charge in [0, 0.05) is 12.3 Å². The van der Waals surface area contributed by atoms with Crippen molar-refractivity contribution in [2.24, 2.45) is 29.1 Å². The van der Waals surface area contributed by atoms with E-state index >= 15 is 0 Å². The SMILES string of the molecule is CC(C)C(C)(C)[Si](C)(C)O[C@H](CC[C@@H](CCCC(C)(C)O[Si](C)(C)C)[C@H]1CC[C@H]2C(=O)CCC[C@]12C)C(C)(C)O[Si](C)(C)C. The Bertz CT molecular complexity index is 943. The van der Waals surface area contributed by atoms with Gasteiger partial charge in [0.1, 0.15) is 5.78 Å². The molecule has 0 saturated heterocycles. The van der Waals surface area contributed by atoms with E-state index in [-0.39, 0.29) is 33.7 Å². The van der Waals surface area contributed by atoms with Crippen molar-refractivity contribution in [3.05, 3.63) is 0 Å². The molecule has 0 aromatic rings. The van der Waals surface area contributed by atoms with Crippen LogP contribution >= 0.6 is 0 Å². The van der Waals surface area contributed by atoms with Gasteiger partial charge >= 0.3 is 0 Å². The van der Waals surface area contributed by atoms with Crippen LogP contribution < -0.4 is 0 Å². The number of carbonyl (C=O) groups excluding carboxylic acids is 1. The zero-order valence-electron chi connectivity index (χ0n) is 32.6. The molecule has 0 aromatic heterocycles. The zero-order chi connectivity index (χ0) is 34.2. The maximum absolute atomic E-state index is 13.1. The molecule has 260 valence electrons. The van der Waals surface area contributed by atoms with Gasteiger partial charge in [-0.1, -0.05) is 47.5 Å². The van der Waals surface area contributed by atoms with Crippen LogP contribution in [0.3, 0.4) is 0 Å². The molecule has 2 aliphatic carbocycles. The smallest absolute Gasteiger partial charge is 0.193 e. The van der Waals surface area contributed by atoms with Crippen LogP contribution in [0.25, 0.3) is 0 Å². The van der Waals surface area contributed by atoms with Crippen molar-refractivity contribution in [1.29, 1.82) is 0 Å². The summed E-state index contributed by atoms with van der Waals surface area (Å²) in [5, 5.41) is 0.149. The maximum atomic E-state index is 13.1. The molecule has 0 radical (unpaired) electrons. The second-order valence-electron chi connectivity index (χ2n) is 19.6. The highest BCUT2D eigenvalue weighted by atomic mass is 28.4. The number of rotatable bonds is 17. The van der Waals surface area contributed by atoms with Crippen molar-refractivity contribution >= 4 is 30.7 Å². The molecule has 0 amide bonds. The van der Waals surface area contributed by atoms with E-state index < -0.39 is 25.0 Å². The summed E-state index contributed by atoms with van der Waals surface area (Å²) in [5.41, 5.74) is -0.282. The fourth-order valence-electron chi connectivity index (χ4n) is 8.93. The van der Waals surface area contributed by atoms with Crippen molar-refractivity contribution in [3.8, 4) is 0 Å². The number of hydrogen-bond donors (Lipinski definition) is 0. The lowest BCUT2D eigenvalue weighted by atomic mass is 9.61. The first-order valence-corrected chi connectivity index (χ1v) is 28.0. The summed E-state index contributed by atoms with van der Waals surface area (Å²) in [4.78, 5) is 13.1. The van der Waals surface area contributed by atoms with Crippen LogP contribution in [0.2, 0.25) is 57.4 Å². The minimum atomic E-state index is -2.09. The Hall–Kier alpha value is 0.201. The Morgan fingerprint density at radius 2 is 1.41 bits per heavy atom. The second kappa shape index (κ2) is 14.4. The van der Waals surface area contributed by atoms with Crippen LogP contribution in [0.1, 0.15) is 127 Å². The van der Waals surface area contributed by atoms with Crippen LogP contribution in [0.5, 0.6) is 0 Å². The summed E-state index contributed by atoms with van der Waals surface area (Å²) in [6.07, 6.45) is 11.1. The number of carbonyl (C=O) groups is 1. The molecule has 7 heteroatoms. The van der Waals surface area contributed by atoms with Crippen LogP contribution in [0, 0.1) is 29.1 Å². The minimum Gasteiger partial charge on any atom is -0.413 e. The number of hydrogen-bond acceptors (Lipinski definition) is 4. The van der Waals surface area contributed by atoms with Crippen molar-refractivity contribution in [1.82, 2.24) is 0 Å². The average Bonchev–Trinajstić information content (AvgIpc) is 3.14. The fraction of sp³-hybridized carbons (Fsp3) is 0.973. The molecule has 0 bridgehead atoms. The molecule has 0 heterocycles. The minimum absolute atomic E-state index is 0.0566. The van der Waals surface area contributed by atoms with E-state index in [0.717, 1.165) is 38.5 Å². The molecular formula is C37H76O4Si3. The Kier molecular flexibility index (Phi) is 13.2. The Morgan fingerprint density at radius 3 is 1.93 bits per heavy atom. The second-order valence-corrected chi connectivity index (χ2v) is 33.0. The van der Waals surface area contributed by atoms with Crippen LogP contribution in [0.4, 0.5) is 0 Å². The maximum Gasteiger partial charge on any atom is 0.193 e. The Balaban J connectivity index is 2.39. The van der Waals surface area contributed by atoms with Crippen LogP contribution in [0.15, 0.2) is 0 Å². The number of Topliss-reactive ketones (excluding diaryl/α,β-unsaturated/α-hetero) is 1. The van der Waals surface area contributed by atoms with Crippen molar-refractivity contribution in [3.63, 3.8) is 0 Å². The molecule has 0 unspecified atom stereocenters. The third-order valence-corrected chi connectivity index (χ3v) is 18.9. The first-order chi connectivity index (χ1) is 19.6. The third-order valence-electron chi connectivity index (χ3n) is 12.0. The first-order valence-electron chi connectivity index (χ1n) is 18.2. The lowest BCUT2D eigenvalue weighted by Crippen LogP contribution is -2.55. The molecule has 44 heavy (non-hydrogen) atoms. The van der Waals surface area contributed by atoms with Gasteiger partial charge in [-0.05, 0) is 153 Å². The average molecular weight is 669 g/mol. The van der Waals surface area contributed by atoms with E-state index in [0.29, 0.717) is 23.5 Å². The topological polar surface area (TPSA) is 44.8 Å². The van der Waals surface area contributed by atoms with Crippen LogP contribution in [-0.2, 0) is 18.1 Å². The summed E-state index contributed by atoms with van der Waals surface area (Å²) in [7, 11) is -5.51. The molecular weight excluding hydrogens is 593 g/mol. The molecule has 2 rings (SSSR count). The number of ketones is 1. The predicted octanol–water partition coefficient (Wildman–Crippen LogP) is 11.6. The molecule has 2 aliphatic rings. The third kappa shape index (κ3) is 10.6. The normalized spacial score (nSPS) is 25.8. The highest BCUT2D eigenvalue weighted by Crippen LogP contribution is 2.58. The van der Waals surface area contributed by atoms with E-state index in [1.165, 1.54) is 25.7 Å². The first kappa shape index (κ1) is 40.4. The van der Waals surface area contributed by atoms with Gasteiger partial charge in [-0.15, -0.1) is 0 Å². The molecule has 0 aliphatic heterocycles. The molecule has 0 N–H and O–H groups in total. The van der Waals surface area contributed by atoms with Crippen molar-refractivity contribution in [2.75, 3.05) is 0 Å². The van der Waals surface area contributed by atoms with E-state index in [1.54, 1.807) is 0 Å². The largest absolute Gasteiger partial charge is 0.413 e. The van der Waals surface area contributed by atoms with Gasteiger partial charge < -0.3 is 13.3 Å². The molecule has 0 spiro atoms. The van der Waals surface area contributed by atoms with Gasteiger partial charge in [0.2, 0.25) is 0 Å². The highest BCUT2D eigenvalue weighted by Gasteiger charge is 2.53. The number of fused-ring (bicyclic) bond motifs is 1. The van der Waals surface area contributed by atoms with Crippen LogP contribution in [-0.4, -0.2) is 48.0 Å². The van der Waals surface area contributed by atoms with E-state index in [4.69, 9.17) is 13.3 Å². The summed E-state index contributed by atoms with van der Waals surface area (Å²) in [6.45, 7) is 39.8. The Morgan fingerprint density at radius 1 is 0.841 bits per heavy atom. The molecule has 2 fully saturated rings. The standard InChI is InChI=1S/C37H76O4Si3/c1-28(2)36(7,8)44(16,17)39-33(35(5,6)41-43(13,14)15)25-22-29(20-18-26-34(3,4)40-42(10,11)12)30-23-24-31-32(38)21-19-27-37(30,31)9/h28-31,33H,18-27H2,1-17H3/t29-,30-,31+,33-,37-/m1/s1. The molecule has 5 atom stereocenters. The van der Waals surface area contributed by atoms with Gasteiger partial charge in [0.05, 0.1) is 17.3 Å². The summed E-state index contributed by atoms with van der Waals surface area (Å²) < 4.78 is 21.0. The van der Waals surface area contributed by atoms with E-state index in [2.05, 4.69) is 115 Å². The molecule has 2 saturated carbocycles. The summed E-state index contributed by atoms with van der Waals surface area (Å²) in [5.74, 6) is 2.57. The van der Waals surface area contributed by atoms with E-state index in [9.17, 15) is 4.79 Å². The Labute approximate surface area is 278 Å². The monoisotopic (exact) mass is 669 g/mol. The lowest BCUT2D eigenvalue weighted by Gasteiger charge is -2.49. The summed E-state index contributed by atoms with van der Waals surface area (Å²) in [6, 6.07) is 0. The molecule has 0 aromatic carbocycles. The van der Waals surface area contributed by atoms with Gasteiger partial charge in [-0.2, -0.15) is 0 Å². The zero-order valence-corrected chi connectivity index (χ0v) is 35.6. The lowest BCUT2D eigenvalue weighted by molar-refractivity contribution is -0.130. The van der Waals surface area contributed by atoms with Gasteiger partial charge in [-0.25, -0.2) is 0 Å². The quantitative estimate of drug-likeness (QED) is 0.145. The summed E-state index contributed by atoms with van der Waals surface area (Å²) >= 11 is 0. The van der Waals surface area contributed by atoms with Crippen molar-refractivity contribution in [2.45, 2.75) is 201 Å².